The zero-order chi connectivity index (χ0) is 31.6. The third-order valence-corrected chi connectivity index (χ3v) is 7.95. The van der Waals surface area contributed by atoms with Crippen molar-refractivity contribution < 1.29 is 42.9 Å². The number of hydrogen-bond donors (Lipinski definition) is 0. The molecule has 3 unspecified atom stereocenters. The fraction of sp³-hybridized carbons (Fsp3) is 0.200. The van der Waals surface area contributed by atoms with Crippen molar-refractivity contribution in [1.29, 1.82) is 0 Å². The average Bonchev–Trinajstić information content (AvgIpc) is 3.07. The number of thioether (sulfide) groups is 1. The van der Waals surface area contributed by atoms with Crippen molar-refractivity contribution in [2.75, 3.05) is 6.61 Å². The summed E-state index contributed by atoms with van der Waals surface area (Å²) in [5.41, 5.74) is -0.251. The summed E-state index contributed by atoms with van der Waals surface area (Å²) >= 11 is 1.22. The zero-order valence-corrected chi connectivity index (χ0v) is 25.0. The molecule has 0 spiro atoms. The van der Waals surface area contributed by atoms with Gasteiger partial charge in [0.25, 0.3) is 0 Å². The maximum atomic E-state index is 13.5. The molecular weight excluding hydrogens is 596 g/mol. The van der Waals surface area contributed by atoms with Crippen LogP contribution in [0.2, 0.25) is 0 Å². The highest BCUT2D eigenvalue weighted by Crippen LogP contribution is 2.38. The van der Waals surface area contributed by atoms with Crippen molar-refractivity contribution in [3.05, 3.63) is 138 Å². The van der Waals surface area contributed by atoms with Crippen molar-refractivity contribution in [3.63, 3.8) is 0 Å². The summed E-state index contributed by atoms with van der Waals surface area (Å²) in [4.78, 5) is 53.0. The molecular formula is C35H30O9S. The number of carbonyl (C=O) groups excluding carboxylic acids is 4. The lowest BCUT2D eigenvalue weighted by molar-refractivity contribution is -0.211. The summed E-state index contributed by atoms with van der Waals surface area (Å²) < 4.78 is 29.8. The van der Waals surface area contributed by atoms with Crippen LogP contribution < -0.4 is 0 Å². The van der Waals surface area contributed by atoms with E-state index in [-0.39, 0.29) is 23.3 Å². The first-order valence-corrected chi connectivity index (χ1v) is 15.1. The first-order chi connectivity index (χ1) is 21.9. The molecule has 0 aliphatic carbocycles. The Morgan fingerprint density at radius 3 is 1.42 bits per heavy atom. The molecule has 1 heterocycles. The van der Waals surface area contributed by atoms with Gasteiger partial charge in [-0.1, -0.05) is 84.6 Å². The number of rotatable bonds is 10. The van der Waals surface area contributed by atoms with Crippen molar-refractivity contribution in [3.8, 4) is 0 Å². The summed E-state index contributed by atoms with van der Waals surface area (Å²) in [5.74, 6) is -2.76. The van der Waals surface area contributed by atoms with Gasteiger partial charge in [-0.05, 0) is 48.5 Å². The van der Waals surface area contributed by atoms with Crippen LogP contribution in [0.3, 0.4) is 0 Å². The van der Waals surface area contributed by atoms with Gasteiger partial charge in [-0.25, -0.2) is 14.4 Å². The third kappa shape index (κ3) is 8.37. The minimum Gasteiger partial charge on any atom is -0.463 e. The first-order valence-electron chi connectivity index (χ1n) is 14.2. The second-order valence-corrected chi connectivity index (χ2v) is 11.2. The normalized spacial score (nSPS) is 20.8. The highest BCUT2D eigenvalue weighted by molar-refractivity contribution is 7.99. The van der Waals surface area contributed by atoms with Crippen LogP contribution in [0.1, 0.15) is 38.0 Å². The number of carbonyl (C=O) groups is 4. The van der Waals surface area contributed by atoms with E-state index in [1.807, 2.05) is 30.3 Å². The van der Waals surface area contributed by atoms with E-state index in [4.69, 9.17) is 23.7 Å². The quantitative estimate of drug-likeness (QED) is 0.159. The standard InChI is InChI=1S/C35H30O9S/c1-23(36)40-22-28-29(42-32(37)24-14-6-2-7-15-24)30(43-33(38)25-16-8-3-9-17-25)31(44-34(39)26-18-10-4-11-19-26)35(41-28)45-27-20-12-5-13-21-27/h2-21,28-31,35H,22H2,1H3/t28?,29?,30-,31?,35+/m1/s1. The molecule has 1 aliphatic heterocycles. The van der Waals surface area contributed by atoms with Gasteiger partial charge in [0.1, 0.15) is 18.1 Å². The molecule has 0 bridgehead atoms. The highest BCUT2D eigenvalue weighted by Gasteiger charge is 2.53. The SMILES string of the molecule is CC(=O)OCC1O[C@@H](Sc2ccccc2)C(OC(=O)c2ccccc2)[C@H](OC(=O)c2ccccc2)C1OC(=O)c1ccccc1. The molecule has 5 rings (SSSR count). The van der Waals surface area contributed by atoms with Gasteiger partial charge >= 0.3 is 23.9 Å². The molecule has 1 saturated heterocycles. The number of benzene rings is 4. The fourth-order valence-electron chi connectivity index (χ4n) is 4.64. The van der Waals surface area contributed by atoms with E-state index in [2.05, 4.69) is 0 Å². The van der Waals surface area contributed by atoms with Gasteiger partial charge in [-0.15, -0.1) is 0 Å². The van der Waals surface area contributed by atoms with E-state index in [9.17, 15) is 19.2 Å². The van der Waals surface area contributed by atoms with Gasteiger partial charge in [0.15, 0.2) is 18.3 Å². The van der Waals surface area contributed by atoms with Crippen molar-refractivity contribution in [2.45, 2.75) is 41.7 Å². The minimum absolute atomic E-state index is 0.231. The van der Waals surface area contributed by atoms with Gasteiger partial charge in [-0.3, -0.25) is 4.79 Å². The van der Waals surface area contributed by atoms with Gasteiger partial charge in [-0.2, -0.15) is 0 Å². The molecule has 0 radical (unpaired) electrons. The zero-order valence-electron chi connectivity index (χ0n) is 24.2. The summed E-state index contributed by atoms with van der Waals surface area (Å²) in [5, 5.41) is 0. The van der Waals surface area contributed by atoms with Gasteiger partial charge in [0, 0.05) is 11.8 Å². The number of ether oxygens (including phenoxy) is 5. The minimum atomic E-state index is -1.37. The fourth-order valence-corrected chi connectivity index (χ4v) is 5.76. The van der Waals surface area contributed by atoms with Gasteiger partial charge in [0.2, 0.25) is 0 Å². The molecule has 0 N–H and O–H groups in total. The molecule has 9 nitrogen and oxygen atoms in total. The maximum Gasteiger partial charge on any atom is 0.338 e. The van der Waals surface area contributed by atoms with E-state index in [1.165, 1.54) is 18.7 Å². The molecule has 230 valence electrons. The van der Waals surface area contributed by atoms with Crippen molar-refractivity contribution >= 4 is 35.6 Å². The number of hydrogen-bond acceptors (Lipinski definition) is 10. The summed E-state index contributed by atoms with van der Waals surface area (Å²) in [7, 11) is 0. The van der Waals surface area contributed by atoms with Crippen LogP contribution >= 0.6 is 11.8 Å². The van der Waals surface area contributed by atoms with E-state index >= 15 is 0 Å². The van der Waals surface area contributed by atoms with Crippen LogP contribution in [0.4, 0.5) is 0 Å². The van der Waals surface area contributed by atoms with Crippen molar-refractivity contribution in [1.82, 2.24) is 0 Å². The van der Waals surface area contributed by atoms with Crippen LogP contribution in [0, 0.1) is 0 Å². The lowest BCUT2D eigenvalue weighted by Crippen LogP contribution is -2.61. The molecule has 5 atom stereocenters. The number of esters is 4. The van der Waals surface area contributed by atoms with Crippen LogP contribution in [0.25, 0.3) is 0 Å². The van der Waals surface area contributed by atoms with E-state index in [1.54, 1.807) is 91.0 Å². The molecule has 0 aromatic heterocycles. The van der Waals surface area contributed by atoms with Gasteiger partial charge in [0.05, 0.1) is 16.7 Å². The second kappa shape index (κ2) is 15.2. The Labute approximate surface area is 264 Å². The van der Waals surface area contributed by atoms with E-state index in [0.717, 1.165) is 4.90 Å². The Morgan fingerprint density at radius 1 is 0.578 bits per heavy atom. The first kappa shape index (κ1) is 31.5. The predicted molar refractivity (Wildman–Crippen MR) is 165 cm³/mol. The Morgan fingerprint density at radius 2 is 0.978 bits per heavy atom. The Kier molecular flexibility index (Phi) is 10.6. The molecule has 45 heavy (non-hydrogen) atoms. The molecule has 0 amide bonds. The summed E-state index contributed by atoms with van der Waals surface area (Å²) in [6.07, 6.45) is -5.07. The van der Waals surface area contributed by atoms with E-state index in [0.29, 0.717) is 0 Å². The molecule has 4 aromatic rings. The Balaban J connectivity index is 1.57. The Bertz CT molecular complexity index is 1580. The predicted octanol–water partition coefficient (Wildman–Crippen LogP) is 5.74. The topological polar surface area (TPSA) is 114 Å². The summed E-state index contributed by atoms with van der Waals surface area (Å²) in [6, 6.07) is 34.0. The van der Waals surface area contributed by atoms with E-state index < -0.39 is 53.7 Å². The lowest BCUT2D eigenvalue weighted by atomic mass is 9.98. The molecule has 10 heteroatoms. The van der Waals surface area contributed by atoms with Crippen LogP contribution in [0.5, 0.6) is 0 Å². The molecule has 1 aliphatic rings. The third-order valence-electron chi connectivity index (χ3n) is 6.80. The molecule has 0 saturated carbocycles. The smallest absolute Gasteiger partial charge is 0.338 e. The van der Waals surface area contributed by atoms with Crippen LogP contribution in [-0.2, 0) is 28.5 Å². The highest BCUT2D eigenvalue weighted by atomic mass is 32.2. The second-order valence-electron chi connectivity index (χ2n) is 9.98. The largest absolute Gasteiger partial charge is 0.463 e. The lowest BCUT2D eigenvalue weighted by Gasteiger charge is -2.44. The maximum absolute atomic E-state index is 13.5. The molecule has 4 aromatic carbocycles. The molecule has 1 fully saturated rings. The monoisotopic (exact) mass is 626 g/mol. The van der Waals surface area contributed by atoms with Crippen molar-refractivity contribution in [2.24, 2.45) is 0 Å². The van der Waals surface area contributed by atoms with Gasteiger partial charge < -0.3 is 23.7 Å². The van der Waals surface area contributed by atoms with Crippen LogP contribution in [0.15, 0.2) is 126 Å². The average molecular weight is 627 g/mol. The summed E-state index contributed by atoms with van der Waals surface area (Å²) in [6.45, 7) is 0.911. The Hall–Kier alpha value is -4.93. The van der Waals surface area contributed by atoms with Crippen LogP contribution in [-0.4, -0.2) is 60.3 Å².